The van der Waals surface area contributed by atoms with E-state index in [-0.39, 0.29) is 17.2 Å². The van der Waals surface area contributed by atoms with E-state index in [0.29, 0.717) is 17.9 Å². The molecule has 1 atom stereocenters. The Balaban J connectivity index is 1.88. The lowest BCUT2D eigenvalue weighted by molar-refractivity contribution is -0.122. The van der Waals surface area contributed by atoms with Gasteiger partial charge in [0.25, 0.3) is 11.5 Å². The molecular weight excluding hydrogens is 366 g/mol. The summed E-state index contributed by atoms with van der Waals surface area (Å²) < 4.78 is 9.26. The van der Waals surface area contributed by atoms with Crippen LogP contribution < -0.4 is 15.6 Å². The van der Waals surface area contributed by atoms with E-state index in [1.165, 1.54) is 4.68 Å². The first-order chi connectivity index (χ1) is 13.8. The number of nitrogens with zero attached hydrogens (tertiary/aromatic N) is 2. The molecule has 0 aliphatic carbocycles. The Hall–Kier alpha value is -3.28. The van der Waals surface area contributed by atoms with Gasteiger partial charge in [0, 0.05) is 7.05 Å². The number of para-hydroxylation sites is 1. The van der Waals surface area contributed by atoms with Crippen molar-refractivity contribution in [3.8, 4) is 11.4 Å². The number of anilines is 1. The summed E-state index contributed by atoms with van der Waals surface area (Å²) in [5, 5.41) is 2.80. The van der Waals surface area contributed by atoms with Crippen LogP contribution in [0.5, 0.6) is 5.75 Å². The molecule has 3 aromatic rings. The number of aromatic nitrogens is 2. The van der Waals surface area contributed by atoms with Crippen molar-refractivity contribution in [1.82, 2.24) is 9.36 Å². The second kappa shape index (κ2) is 8.39. The van der Waals surface area contributed by atoms with E-state index in [4.69, 9.17) is 4.74 Å². The standard InChI is InChI=1S/C23H27N3O3/c1-6-19(29-20-14-15(2)12-13-16(20)3)22(27)24-21-17(4)25(5)26(23(21)28)18-10-8-7-9-11-18/h7-14,19H,6H2,1-5H3,(H,24,27)/t19-/m0/s1. The molecule has 0 saturated carbocycles. The number of rotatable bonds is 6. The minimum absolute atomic E-state index is 0.268. The Morgan fingerprint density at radius 1 is 1.10 bits per heavy atom. The van der Waals surface area contributed by atoms with Gasteiger partial charge in [-0.25, -0.2) is 4.68 Å². The lowest BCUT2D eigenvalue weighted by Gasteiger charge is -2.18. The van der Waals surface area contributed by atoms with Gasteiger partial charge in [-0.3, -0.25) is 14.3 Å². The number of amides is 1. The number of aryl methyl sites for hydroxylation is 2. The number of carbonyl (C=O) groups excluding carboxylic acids is 1. The maximum atomic E-state index is 13.0. The van der Waals surface area contributed by atoms with Crippen LogP contribution in [0.2, 0.25) is 0 Å². The zero-order chi connectivity index (χ0) is 21.1. The number of hydrogen-bond acceptors (Lipinski definition) is 3. The predicted molar refractivity (Wildman–Crippen MR) is 115 cm³/mol. The van der Waals surface area contributed by atoms with Crippen LogP contribution in [0.15, 0.2) is 53.3 Å². The van der Waals surface area contributed by atoms with Crippen LogP contribution in [0.25, 0.3) is 5.69 Å². The second-order valence-electron chi connectivity index (χ2n) is 7.21. The van der Waals surface area contributed by atoms with Crippen molar-refractivity contribution in [3.05, 3.63) is 75.7 Å². The second-order valence-corrected chi connectivity index (χ2v) is 7.21. The topological polar surface area (TPSA) is 65.3 Å². The molecule has 2 aromatic carbocycles. The molecule has 0 radical (unpaired) electrons. The lowest BCUT2D eigenvalue weighted by Crippen LogP contribution is -2.34. The molecular formula is C23H27N3O3. The zero-order valence-electron chi connectivity index (χ0n) is 17.5. The zero-order valence-corrected chi connectivity index (χ0v) is 17.5. The van der Waals surface area contributed by atoms with Gasteiger partial charge in [0.05, 0.1) is 11.4 Å². The Kier molecular flexibility index (Phi) is 5.92. The number of benzene rings is 2. The highest BCUT2D eigenvalue weighted by Gasteiger charge is 2.24. The fourth-order valence-corrected chi connectivity index (χ4v) is 3.23. The highest BCUT2D eigenvalue weighted by molar-refractivity contribution is 5.94. The van der Waals surface area contributed by atoms with Crippen molar-refractivity contribution in [2.75, 3.05) is 5.32 Å². The van der Waals surface area contributed by atoms with Crippen LogP contribution in [0, 0.1) is 20.8 Å². The molecule has 0 unspecified atom stereocenters. The van der Waals surface area contributed by atoms with E-state index in [2.05, 4.69) is 5.32 Å². The first-order valence-corrected chi connectivity index (χ1v) is 9.72. The van der Waals surface area contributed by atoms with Crippen LogP contribution >= 0.6 is 0 Å². The minimum atomic E-state index is -0.695. The third-order valence-electron chi connectivity index (χ3n) is 5.08. The average molecular weight is 393 g/mol. The maximum Gasteiger partial charge on any atom is 0.295 e. The quantitative estimate of drug-likeness (QED) is 0.691. The highest BCUT2D eigenvalue weighted by atomic mass is 16.5. The molecule has 0 aliphatic heterocycles. The van der Waals surface area contributed by atoms with Crippen molar-refractivity contribution in [1.29, 1.82) is 0 Å². The molecule has 1 aromatic heterocycles. The molecule has 3 rings (SSSR count). The van der Waals surface area contributed by atoms with Crippen molar-refractivity contribution >= 4 is 11.6 Å². The monoisotopic (exact) mass is 393 g/mol. The highest BCUT2D eigenvalue weighted by Crippen LogP contribution is 2.22. The Morgan fingerprint density at radius 3 is 2.45 bits per heavy atom. The molecule has 29 heavy (non-hydrogen) atoms. The van der Waals surface area contributed by atoms with E-state index < -0.39 is 6.10 Å². The van der Waals surface area contributed by atoms with Gasteiger partial charge in [-0.1, -0.05) is 37.3 Å². The normalized spacial score (nSPS) is 11.9. The smallest absolute Gasteiger partial charge is 0.295 e. The van der Waals surface area contributed by atoms with E-state index in [0.717, 1.165) is 16.8 Å². The predicted octanol–water partition coefficient (Wildman–Crippen LogP) is 3.90. The van der Waals surface area contributed by atoms with Gasteiger partial charge in [0.2, 0.25) is 0 Å². The summed E-state index contributed by atoms with van der Waals surface area (Å²) in [6.07, 6.45) is -0.211. The number of hydrogen-bond donors (Lipinski definition) is 1. The van der Waals surface area contributed by atoms with E-state index in [1.807, 2.05) is 76.2 Å². The third kappa shape index (κ3) is 4.11. The largest absolute Gasteiger partial charge is 0.480 e. The molecule has 0 saturated heterocycles. The van der Waals surface area contributed by atoms with Crippen LogP contribution in [0.1, 0.15) is 30.2 Å². The summed E-state index contributed by atoms with van der Waals surface area (Å²) in [7, 11) is 1.79. The summed E-state index contributed by atoms with van der Waals surface area (Å²) >= 11 is 0. The van der Waals surface area contributed by atoms with Crippen LogP contribution in [-0.2, 0) is 11.8 Å². The van der Waals surface area contributed by atoms with Gasteiger partial charge in [-0.2, -0.15) is 0 Å². The van der Waals surface area contributed by atoms with Crippen LogP contribution in [-0.4, -0.2) is 21.4 Å². The van der Waals surface area contributed by atoms with Crippen LogP contribution in [0.4, 0.5) is 5.69 Å². The van der Waals surface area contributed by atoms with E-state index >= 15 is 0 Å². The lowest BCUT2D eigenvalue weighted by atomic mass is 10.1. The van der Waals surface area contributed by atoms with Gasteiger partial charge < -0.3 is 10.1 Å². The summed E-state index contributed by atoms with van der Waals surface area (Å²) in [5.74, 6) is 0.345. The minimum Gasteiger partial charge on any atom is -0.480 e. The number of nitrogens with one attached hydrogen (secondary N) is 1. The molecule has 6 heteroatoms. The first-order valence-electron chi connectivity index (χ1n) is 9.72. The fraction of sp³-hybridized carbons (Fsp3) is 0.304. The van der Waals surface area contributed by atoms with Gasteiger partial charge in [0.15, 0.2) is 6.10 Å². The van der Waals surface area contributed by atoms with Crippen molar-refractivity contribution in [3.63, 3.8) is 0 Å². The molecule has 0 spiro atoms. The average Bonchev–Trinajstić information content (AvgIpc) is 2.92. The molecule has 0 aliphatic rings. The van der Waals surface area contributed by atoms with Crippen molar-refractivity contribution < 1.29 is 9.53 Å². The van der Waals surface area contributed by atoms with Gasteiger partial charge in [0.1, 0.15) is 11.4 Å². The summed E-state index contributed by atoms with van der Waals surface area (Å²) in [4.78, 5) is 25.9. The SMILES string of the molecule is CC[C@H](Oc1cc(C)ccc1C)C(=O)Nc1c(C)n(C)n(-c2ccccc2)c1=O. The van der Waals surface area contributed by atoms with Gasteiger partial charge in [-0.05, 0) is 56.5 Å². The van der Waals surface area contributed by atoms with Crippen LogP contribution in [0.3, 0.4) is 0 Å². The molecule has 6 nitrogen and oxygen atoms in total. The third-order valence-corrected chi connectivity index (χ3v) is 5.08. The molecule has 1 N–H and O–H groups in total. The van der Waals surface area contributed by atoms with Crippen molar-refractivity contribution in [2.45, 2.75) is 40.2 Å². The Bertz CT molecular complexity index is 1080. The van der Waals surface area contributed by atoms with E-state index in [1.54, 1.807) is 11.7 Å². The molecule has 0 bridgehead atoms. The van der Waals surface area contributed by atoms with Gasteiger partial charge >= 0.3 is 0 Å². The Labute approximate surface area is 170 Å². The number of carbonyl (C=O) groups is 1. The molecule has 1 heterocycles. The number of ether oxygens (including phenoxy) is 1. The first kappa shape index (κ1) is 20.5. The Morgan fingerprint density at radius 2 is 1.79 bits per heavy atom. The summed E-state index contributed by atoms with van der Waals surface area (Å²) in [6.45, 7) is 7.62. The summed E-state index contributed by atoms with van der Waals surface area (Å²) in [6, 6.07) is 15.2. The fourth-order valence-electron chi connectivity index (χ4n) is 3.23. The maximum absolute atomic E-state index is 13.0. The van der Waals surface area contributed by atoms with Gasteiger partial charge in [-0.15, -0.1) is 0 Å². The van der Waals surface area contributed by atoms with E-state index in [9.17, 15) is 9.59 Å². The van der Waals surface area contributed by atoms with Crippen molar-refractivity contribution in [2.24, 2.45) is 7.05 Å². The summed E-state index contributed by atoms with van der Waals surface area (Å²) in [5.41, 5.74) is 3.43. The molecule has 1 amide bonds. The molecule has 0 fully saturated rings. The molecule has 152 valence electrons.